The molecule has 1 saturated heterocycles. The van der Waals surface area contributed by atoms with E-state index in [1.807, 2.05) is 28.8 Å². The number of likely N-dealkylation sites (tertiary alicyclic amines) is 1. The summed E-state index contributed by atoms with van der Waals surface area (Å²) < 4.78 is 13.7. The van der Waals surface area contributed by atoms with Crippen LogP contribution in [0.25, 0.3) is 11.0 Å². The van der Waals surface area contributed by atoms with E-state index in [4.69, 9.17) is 10.1 Å². The van der Waals surface area contributed by atoms with E-state index in [0.717, 1.165) is 37.2 Å². The maximum Gasteiger partial charge on any atom is 0.343 e. The molecule has 0 amide bonds. The standard InChI is InChI=1S/C25H30N4O4.BrH/c1-32-24(31)18-33-20-11-9-19(10-12-20)23(30)17-29-22-8-4-3-7-21(22)28(25(29)26)16-15-27-13-5-2-6-14-27;/h3-4,7-12,26H,2,5-6,13-18H2,1H3;1H. The van der Waals surface area contributed by atoms with Crippen LogP contribution >= 0.6 is 17.0 Å². The number of hydrogen-bond acceptors (Lipinski definition) is 6. The van der Waals surface area contributed by atoms with Crippen molar-refractivity contribution in [3.63, 3.8) is 0 Å². The molecule has 0 aliphatic carbocycles. The highest BCUT2D eigenvalue weighted by Gasteiger charge is 2.16. The van der Waals surface area contributed by atoms with E-state index in [-0.39, 0.29) is 35.9 Å². The Balaban J connectivity index is 0.00000324. The fraction of sp³-hybridized carbons (Fsp3) is 0.400. The third-order valence-electron chi connectivity index (χ3n) is 6.13. The smallest absolute Gasteiger partial charge is 0.343 e. The van der Waals surface area contributed by atoms with Gasteiger partial charge in [0.05, 0.1) is 24.7 Å². The van der Waals surface area contributed by atoms with E-state index >= 15 is 0 Å². The van der Waals surface area contributed by atoms with E-state index in [1.165, 1.54) is 26.4 Å². The first-order chi connectivity index (χ1) is 16.1. The molecule has 0 atom stereocenters. The summed E-state index contributed by atoms with van der Waals surface area (Å²) in [6, 6.07) is 14.5. The minimum absolute atomic E-state index is 0. The average molecular weight is 531 g/mol. The molecular formula is C25H31BrN4O4. The zero-order valence-electron chi connectivity index (χ0n) is 19.4. The van der Waals surface area contributed by atoms with E-state index < -0.39 is 5.97 Å². The predicted octanol–water partition coefficient (Wildman–Crippen LogP) is 3.42. The molecule has 1 N–H and O–H groups in total. The van der Waals surface area contributed by atoms with Crippen LogP contribution < -0.4 is 10.4 Å². The number of benzene rings is 2. The van der Waals surface area contributed by atoms with Gasteiger partial charge in [-0.05, 0) is 62.3 Å². The predicted molar refractivity (Wildman–Crippen MR) is 135 cm³/mol. The lowest BCUT2D eigenvalue weighted by Gasteiger charge is -2.26. The van der Waals surface area contributed by atoms with Gasteiger partial charge < -0.3 is 23.5 Å². The van der Waals surface area contributed by atoms with Crippen molar-refractivity contribution in [1.29, 1.82) is 5.41 Å². The molecule has 1 aliphatic heterocycles. The van der Waals surface area contributed by atoms with Gasteiger partial charge in [0.1, 0.15) is 5.75 Å². The number of piperidine rings is 1. The monoisotopic (exact) mass is 530 g/mol. The number of nitrogens with one attached hydrogen (secondary N) is 1. The molecule has 0 bridgehead atoms. The third-order valence-corrected chi connectivity index (χ3v) is 6.13. The number of carbonyl (C=O) groups is 2. The number of aromatic nitrogens is 2. The minimum atomic E-state index is -0.466. The molecule has 9 heteroatoms. The number of esters is 1. The molecule has 182 valence electrons. The van der Waals surface area contributed by atoms with Gasteiger partial charge in [-0.15, -0.1) is 17.0 Å². The van der Waals surface area contributed by atoms with Crippen LogP contribution in [-0.2, 0) is 22.6 Å². The number of Topliss-reactive ketones (excluding diaryl/α,β-unsaturated/α-hetero) is 1. The van der Waals surface area contributed by atoms with Crippen LogP contribution in [0.2, 0.25) is 0 Å². The lowest BCUT2D eigenvalue weighted by atomic mass is 10.1. The van der Waals surface area contributed by atoms with Crippen molar-refractivity contribution < 1.29 is 19.1 Å². The van der Waals surface area contributed by atoms with Crippen molar-refractivity contribution in [1.82, 2.24) is 14.0 Å². The van der Waals surface area contributed by atoms with Crippen molar-refractivity contribution >= 4 is 39.8 Å². The lowest BCUT2D eigenvalue weighted by Crippen LogP contribution is -2.35. The molecule has 3 aromatic rings. The van der Waals surface area contributed by atoms with Crippen LogP contribution in [0.3, 0.4) is 0 Å². The maximum atomic E-state index is 13.0. The first-order valence-corrected chi connectivity index (χ1v) is 11.3. The van der Waals surface area contributed by atoms with Gasteiger partial charge in [-0.1, -0.05) is 18.6 Å². The Morgan fingerprint density at radius 2 is 1.56 bits per heavy atom. The summed E-state index contributed by atoms with van der Waals surface area (Å²) in [6.07, 6.45) is 3.77. The quantitative estimate of drug-likeness (QED) is 0.338. The average Bonchev–Trinajstić information content (AvgIpc) is 3.12. The summed E-state index contributed by atoms with van der Waals surface area (Å²) in [5.41, 5.74) is 2.71. The lowest BCUT2D eigenvalue weighted by molar-refractivity contribution is -0.142. The van der Waals surface area contributed by atoms with Gasteiger partial charge in [0.2, 0.25) is 5.62 Å². The number of hydrogen-bond donors (Lipinski definition) is 1. The van der Waals surface area contributed by atoms with Crippen LogP contribution in [0.15, 0.2) is 48.5 Å². The number of nitrogens with zero attached hydrogens (tertiary/aromatic N) is 3. The second-order valence-corrected chi connectivity index (χ2v) is 8.26. The Labute approximate surface area is 209 Å². The van der Waals surface area contributed by atoms with Gasteiger partial charge >= 0.3 is 5.97 Å². The molecule has 1 fully saturated rings. The van der Waals surface area contributed by atoms with Crippen molar-refractivity contribution in [3.8, 4) is 5.75 Å². The SMILES string of the molecule is Br.COC(=O)COc1ccc(C(=O)Cn2c(=N)n(CCN3CCCCC3)c3ccccc32)cc1. The molecule has 0 saturated carbocycles. The highest BCUT2D eigenvalue weighted by molar-refractivity contribution is 8.93. The molecule has 1 aromatic heterocycles. The van der Waals surface area contributed by atoms with Crippen molar-refractivity contribution in [2.45, 2.75) is 32.4 Å². The molecular weight excluding hydrogens is 500 g/mol. The summed E-state index contributed by atoms with van der Waals surface area (Å²) in [4.78, 5) is 26.7. The zero-order valence-corrected chi connectivity index (χ0v) is 21.1. The maximum absolute atomic E-state index is 13.0. The summed E-state index contributed by atoms with van der Waals surface area (Å²) in [5.74, 6) is -0.0711. The number of ketones is 1. The number of fused-ring (bicyclic) bond motifs is 1. The summed E-state index contributed by atoms with van der Waals surface area (Å²) >= 11 is 0. The van der Waals surface area contributed by atoms with Crippen molar-refractivity contribution in [2.75, 3.05) is 33.4 Å². The molecule has 8 nitrogen and oxygen atoms in total. The fourth-order valence-electron chi connectivity index (χ4n) is 4.28. The summed E-state index contributed by atoms with van der Waals surface area (Å²) in [6.45, 7) is 3.77. The molecule has 2 aromatic carbocycles. The normalized spacial score (nSPS) is 13.9. The Morgan fingerprint density at radius 3 is 2.21 bits per heavy atom. The largest absolute Gasteiger partial charge is 0.482 e. The fourth-order valence-corrected chi connectivity index (χ4v) is 4.28. The van der Waals surface area contributed by atoms with Gasteiger partial charge in [0.25, 0.3) is 0 Å². The van der Waals surface area contributed by atoms with E-state index in [1.54, 1.807) is 28.8 Å². The van der Waals surface area contributed by atoms with E-state index in [9.17, 15) is 9.59 Å². The van der Waals surface area contributed by atoms with Crippen LogP contribution in [0.1, 0.15) is 29.6 Å². The second-order valence-electron chi connectivity index (χ2n) is 8.26. The zero-order chi connectivity index (χ0) is 23.2. The third kappa shape index (κ3) is 5.95. The number of carbonyl (C=O) groups excluding carboxylic acids is 2. The van der Waals surface area contributed by atoms with Crippen LogP contribution in [0.5, 0.6) is 5.75 Å². The molecule has 2 heterocycles. The number of rotatable bonds is 9. The molecule has 34 heavy (non-hydrogen) atoms. The Kier molecular flexibility index (Phi) is 9.06. The van der Waals surface area contributed by atoms with Crippen molar-refractivity contribution in [2.24, 2.45) is 0 Å². The first kappa shape index (κ1) is 25.7. The van der Waals surface area contributed by atoms with Crippen molar-refractivity contribution in [3.05, 3.63) is 59.7 Å². The molecule has 0 spiro atoms. The Morgan fingerprint density at radius 1 is 0.912 bits per heavy atom. The number of para-hydroxylation sites is 2. The molecule has 0 unspecified atom stereocenters. The first-order valence-electron chi connectivity index (χ1n) is 11.3. The highest BCUT2D eigenvalue weighted by Crippen LogP contribution is 2.17. The van der Waals surface area contributed by atoms with Gasteiger partial charge in [-0.2, -0.15) is 0 Å². The van der Waals surface area contributed by atoms with E-state index in [0.29, 0.717) is 16.9 Å². The van der Waals surface area contributed by atoms with Gasteiger partial charge in [0.15, 0.2) is 12.4 Å². The highest BCUT2D eigenvalue weighted by atomic mass is 79.9. The second kappa shape index (κ2) is 12.0. The van der Waals surface area contributed by atoms with E-state index in [2.05, 4.69) is 9.64 Å². The van der Waals surface area contributed by atoms with Crippen LogP contribution in [-0.4, -0.2) is 59.1 Å². The molecule has 1 aliphatic rings. The van der Waals surface area contributed by atoms with Crippen LogP contribution in [0, 0.1) is 5.41 Å². The van der Waals surface area contributed by atoms with Gasteiger partial charge in [-0.3, -0.25) is 10.2 Å². The minimum Gasteiger partial charge on any atom is -0.482 e. The number of imidazole rings is 1. The van der Waals surface area contributed by atoms with Crippen LogP contribution in [0.4, 0.5) is 0 Å². The Bertz CT molecular complexity index is 1180. The Hall–Kier alpha value is -2.91. The molecule has 4 rings (SSSR count). The number of halogens is 1. The van der Waals surface area contributed by atoms with Gasteiger partial charge in [-0.25, -0.2) is 4.79 Å². The summed E-state index contributed by atoms with van der Waals surface area (Å²) in [7, 11) is 1.30. The molecule has 0 radical (unpaired) electrons. The summed E-state index contributed by atoms with van der Waals surface area (Å²) in [5, 5.41) is 8.79. The number of methoxy groups -OCH3 is 1. The topological polar surface area (TPSA) is 89.5 Å². The number of ether oxygens (including phenoxy) is 2. The van der Waals surface area contributed by atoms with Gasteiger partial charge in [0, 0.05) is 18.7 Å².